The van der Waals surface area contributed by atoms with E-state index in [0.29, 0.717) is 12.4 Å². The summed E-state index contributed by atoms with van der Waals surface area (Å²) in [6, 6.07) is 0. The van der Waals surface area contributed by atoms with Gasteiger partial charge in [0.2, 0.25) is 5.88 Å². The number of halogens is 1. The first-order chi connectivity index (χ1) is 6.65. The Labute approximate surface area is 88.7 Å². The molecule has 1 heterocycles. The van der Waals surface area contributed by atoms with Crippen LogP contribution in [-0.2, 0) is 0 Å². The molecule has 14 heavy (non-hydrogen) atoms. The van der Waals surface area contributed by atoms with Crippen LogP contribution in [0.15, 0.2) is 6.33 Å². The Bertz CT molecular complexity index is 304. The highest BCUT2D eigenvalue weighted by atomic mass is 35.5. The SMILES string of the molecule is COc1ncnc(NCC(C)Cl)c1C. The largest absolute Gasteiger partial charge is 0.481 e. The van der Waals surface area contributed by atoms with E-state index in [1.807, 2.05) is 13.8 Å². The van der Waals surface area contributed by atoms with Crippen molar-refractivity contribution in [3.05, 3.63) is 11.9 Å². The first kappa shape index (κ1) is 11.0. The van der Waals surface area contributed by atoms with Gasteiger partial charge in [-0.05, 0) is 13.8 Å². The smallest absolute Gasteiger partial charge is 0.221 e. The first-order valence-corrected chi connectivity index (χ1v) is 4.82. The van der Waals surface area contributed by atoms with E-state index in [9.17, 15) is 0 Å². The van der Waals surface area contributed by atoms with Crippen LogP contribution in [0.2, 0.25) is 0 Å². The molecule has 0 spiro atoms. The maximum absolute atomic E-state index is 5.82. The van der Waals surface area contributed by atoms with Gasteiger partial charge in [-0.25, -0.2) is 9.97 Å². The van der Waals surface area contributed by atoms with Gasteiger partial charge in [0.1, 0.15) is 12.1 Å². The second-order valence-electron chi connectivity index (χ2n) is 3.02. The molecular weight excluding hydrogens is 202 g/mol. The fourth-order valence-electron chi connectivity index (χ4n) is 1.06. The van der Waals surface area contributed by atoms with Crippen molar-refractivity contribution in [2.24, 2.45) is 0 Å². The molecule has 0 radical (unpaired) electrons. The van der Waals surface area contributed by atoms with Gasteiger partial charge in [0, 0.05) is 11.9 Å². The highest BCUT2D eigenvalue weighted by Crippen LogP contribution is 2.19. The summed E-state index contributed by atoms with van der Waals surface area (Å²) in [5.74, 6) is 1.36. The Hall–Kier alpha value is -1.03. The van der Waals surface area contributed by atoms with Crippen molar-refractivity contribution < 1.29 is 4.74 Å². The minimum atomic E-state index is 0.0651. The van der Waals surface area contributed by atoms with Gasteiger partial charge < -0.3 is 10.1 Å². The van der Waals surface area contributed by atoms with Crippen LogP contribution in [0.25, 0.3) is 0 Å². The van der Waals surface area contributed by atoms with Crippen LogP contribution < -0.4 is 10.1 Å². The number of nitrogens with zero attached hydrogens (tertiary/aromatic N) is 2. The monoisotopic (exact) mass is 215 g/mol. The standard InChI is InChI=1S/C9H14ClN3O/c1-6(10)4-11-8-7(2)9(14-3)13-5-12-8/h5-6H,4H2,1-3H3,(H,11,12,13). The summed E-state index contributed by atoms with van der Waals surface area (Å²) in [6.45, 7) is 4.49. The van der Waals surface area contributed by atoms with Crippen LogP contribution in [0, 0.1) is 6.92 Å². The lowest BCUT2D eigenvalue weighted by molar-refractivity contribution is 0.393. The van der Waals surface area contributed by atoms with E-state index in [1.54, 1.807) is 7.11 Å². The van der Waals surface area contributed by atoms with Crippen LogP contribution in [0.3, 0.4) is 0 Å². The van der Waals surface area contributed by atoms with Crippen LogP contribution in [0.5, 0.6) is 5.88 Å². The molecular formula is C9H14ClN3O. The average Bonchev–Trinajstić information content (AvgIpc) is 2.16. The maximum Gasteiger partial charge on any atom is 0.221 e. The summed E-state index contributed by atoms with van der Waals surface area (Å²) in [5.41, 5.74) is 0.896. The molecule has 4 nitrogen and oxygen atoms in total. The lowest BCUT2D eigenvalue weighted by Crippen LogP contribution is -2.13. The summed E-state index contributed by atoms with van der Waals surface area (Å²) in [4.78, 5) is 8.08. The van der Waals surface area contributed by atoms with Crippen molar-refractivity contribution >= 4 is 17.4 Å². The highest BCUT2D eigenvalue weighted by molar-refractivity contribution is 6.20. The number of aromatic nitrogens is 2. The fraction of sp³-hybridized carbons (Fsp3) is 0.556. The third-order valence-corrected chi connectivity index (χ3v) is 1.94. The van der Waals surface area contributed by atoms with Gasteiger partial charge in [-0.3, -0.25) is 0 Å². The van der Waals surface area contributed by atoms with Crippen LogP contribution in [0.4, 0.5) is 5.82 Å². The number of nitrogens with one attached hydrogen (secondary N) is 1. The highest BCUT2D eigenvalue weighted by Gasteiger charge is 2.06. The molecule has 1 rings (SSSR count). The van der Waals surface area contributed by atoms with E-state index < -0.39 is 0 Å². The first-order valence-electron chi connectivity index (χ1n) is 4.38. The summed E-state index contributed by atoms with van der Waals surface area (Å²) in [5, 5.41) is 3.19. The number of rotatable bonds is 4. The van der Waals surface area contributed by atoms with Gasteiger partial charge in [-0.15, -0.1) is 11.6 Å². The van der Waals surface area contributed by atoms with Gasteiger partial charge in [-0.2, -0.15) is 0 Å². The number of alkyl halides is 1. The molecule has 1 unspecified atom stereocenters. The zero-order valence-corrected chi connectivity index (χ0v) is 9.30. The predicted octanol–water partition coefficient (Wildman–Crippen LogP) is 1.83. The molecule has 0 saturated carbocycles. The molecule has 0 fully saturated rings. The Morgan fingerprint density at radius 2 is 2.29 bits per heavy atom. The van der Waals surface area contributed by atoms with E-state index in [4.69, 9.17) is 16.3 Å². The number of hydrogen-bond donors (Lipinski definition) is 1. The van der Waals surface area contributed by atoms with Gasteiger partial charge >= 0.3 is 0 Å². The Morgan fingerprint density at radius 3 is 2.86 bits per heavy atom. The number of methoxy groups -OCH3 is 1. The summed E-state index contributed by atoms with van der Waals surface area (Å²) in [6.07, 6.45) is 1.47. The van der Waals surface area contributed by atoms with Crippen molar-refractivity contribution in [1.29, 1.82) is 0 Å². The molecule has 0 aliphatic heterocycles. The predicted molar refractivity (Wildman–Crippen MR) is 57.1 cm³/mol. The molecule has 1 N–H and O–H groups in total. The zero-order chi connectivity index (χ0) is 10.6. The van der Waals surface area contributed by atoms with Crippen molar-refractivity contribution in [2.45, 2.75) is 19.2 Å². The number of anilines is 1. The van der Waals surface area contributed by atoms with E-state index >= 15 is 0 Å². The van der Waals surface area contributed by atoms with Crippen molar-refractivity contribution in [3.8, 4) is 5.88 Å². The minimum absolute atomic E-state index is 0.0651. The molecule has 0 bridgehead atoms. The van der Waals surface area contributed by atoms with E-state index in [-0.39, 0.29) is 5.38 Å². The Kier molecular flexibility index (Phi) is 3.95. The summed E-state index contributed by atoms with van der Waals surface area (Å²) >= 11 is 5.82. The number of hydrogen-bond acceptors (Lipinski definition) is 4. The van der Waals surface area contributed by atoms with Gasteiger partial charge in [-0.1, -0.05) is 0 Å². The normalized spacial score (nSPS) is 12.3. The molecule has 5 heteroatoms. The van der Waals surface area contributed by atoms with Gasteiger partial charge in [0.05, 0.1) is 12.7 Å². The second kappa shape index (κ2) is 5.00. The maximum atomic E-state index is 5.82. The summed E-state index contributed by atoms with van der Waals surface area (Å²) < 4.78 is 5.07. The van der Waals surface area contributed by atoms with Crippen LogP contribution in [-0.4, -0.2) is 29.0 Å². The van der Waals surface area contributed by atoms with Crippen molar-refractivity contribution in [1.82, 2.24) is 9.97 Å². The fourth-order valence-corrected chi connectivity index (χ4v) is 1.13. The number of ether oxygens (including phenoxy) is 1. The topological polar surface area (TPSA) is 47.0 Å². The third-order valence-electron chi connectivity index (χ3n) is 1.78. The lowest BCUT2D eigenvalue weighted by Gasteiger charge is -2.10. The van der Waals surface area contributed by atoms with Crippen molar-refractivity contribution in [3.63, 3.8) is 0 Å². The molecule has 0 aliphatic rings. The van der Waals surface area contributed by atoms with Crippen LogP contribution >= 0.6 is 11.6 Å². The Balaban J connectivity index is 2.76. The van der Waals surface area contributed by atoms with E-state index in [1.165, 1.54) is 6.33 Å². The zero-order valence-electron chi connectivity index (χ0n) is 8.54. The summed E-state index contributed by atoms with van der Waals surface area (Å²) in [7, 11) is 1.59. The molecule has 1 atom stereocenters. The van der Waals surface area contributed by atoms with E-state index in [0.717, 1.165) is 11.4 Å². The molecule has 0 saturated heterocycles. The second-order valence-corrected chi connectivity index (χ2v) is 3.76. The van der Waals surface area contributed by atoms with E-state index in [2.05, 4.69) is 15.3 Å². The van der Waals surface area contributed by atoms with Crippen LogP contribution in [0.1, 0.15) is 12.5 Å². The molecule has 0 amide bonds. The molecule has 0 aromatic carbocycles. The molecule has 78 valence electrons. The quantitative estimate of drug-likeness (QED) is 0.779. The minimum Gasteiger partial charge on any atom is -0.481 e. The van der Waals surface area contributed by atoms with Crippen molar-refractivity contribution in [2.75, 3.05) is 19.0 Å². The van der Waals surface area contributed by atoms with Gasteiger partial charge in [0.15, 0.2) is 0 Å². The van der Waals surface area contributed by atoms with Gasteiger partial charge in [0.25, 0.3) is 0 Å². The molecule has 1 aromatic rings. The molecule has 0 aliphatic carbocycles. The average molecular weight is 216 g/mol. The Morgan fingerprint density at radius 1 is 1.57 bits per heavy atom. The molecule has 1 aromatic heterocycles. The lowest BCUT2D eigenvalue weighted by atomic mass is 10.3. The third kappa shape index (κ3) is 2.73.